The lowest BCUT2D eigenvalue weighted by molar-refractivity contribution is -0.385. The van der Waals surface area contributed by atoms with E-state index in [9.17, 15) is 10.1 Å². The normalized spacial score (nSPS) is 19.5. The molecule has 0 saturated heterocycles. The summed E-state index contributed by atoms with van der Waals surface area (Å²) in [7, 11) is 1.82. The molecular weight excluding hydrogens is 194 g/mol. The van der Waals surface area contributed by atoms with Gasteiger partial charge in [-0.1, -0.05) is 12.1 Å². The Morgan fingerprint density at radius 2 is 2.27 bits per heavy atom. The van der Waals surface area contributed by atoms with Crippen LogP contribution in [0.1, 0.15) is 18.0 Å². The fourth-order valence-electron chi connectivity index (χ4n) is 1.77. The van der Waals surface area contributed by atoms with Gasteiger partial charge in [0, 0.05) is 25.7 Å². The van der Waals surface area contributed by atoms with Crippen molar-refractivity contribution in [3.05, 3.63) is 39.9 Å². The van der Waals surface area contributed by atoms with Crippen LogP contribution in [0.5, 0.6) is 0 Å². The van der Waals surface area contributed by atoms with Crippen molar-refractivity contribution in [2.45, 2.75) is 12.5 Å². The number of para-hydroxylation sites is 1. The quantitative estimate of drug-likeness (QED) is 0.547. The van der Waals surface area contributed by atoms with Gasteiger partial charge in [0.05, 0.1) is 16.5 Å². The molecule has 15 heavy (non-hydrogen) atoms. The van der Waals surface area contributed by atoms with Crippen LogP contribution < -0.4 is 0 Å². The Kier molecular flexibility index (Phi) is 2.37. The molecule has 1 aromatic rings. The second kappa shape index (κ2) is 3.68. The van der Waals surface area contributed by atoms with Crippen molar-refractivity contribution >= 4 is 11.9 Å². The van der Waals surface area contributed by atoms with E-state index in [1.54, 1.807) is 23.4 Å². The summed E-state index contributed by atoms with van der Waals surface area (Å²) in [5.74, 6) is 0. The Morgan fingerprint density at radius 3 is 2.87 bits per heavy atom. The first-order chi connectivity index (χ1) is 7.20. The molecular formula is C10H11N3O2. The first-order valence-electron chi connectivity index (χ1n) is 4.68. The van der Waals surface area contributed by atoms with Crippen LogP contribution >= 0.6 is 0 Å². The van der Waals surface area contributed by atoms with Crippen LogP contribution in [0.4, 0.5) is 5.69 Å². The van der Waals surface area contributed by atoms with Crippen molar-refractivity contribution < 1.29 is 4.92 Å². The molecule has 1 atom stereocenters. The molecule has 0 radical (unpaired) electrons. The zero-order valence-corrected chi connectivity index (χ0v) is 8.33. The molecule has 2 rings (SSSR count). The largest absolute Gasteiger partial charge is 0.292 e. The molecule has 1 heterocycles. The molecule has 1 aliphatic heterocycles. The summed E-state index contributed by atoms with van der Waals surface area (Å²) in [6.07, 6.45) is 2.50. The first kappa shape index (κ1) is 9.64. The average molecular weight is 205 g/mol. The fraction of sp³-hybridized carbons (Fsp3) is 0.300. The summed E-state index contributed by atoms with van der Waals surface area (Å²) >= 11 is 0. The lowest BCUT2D eigenvalue weighted by Gasteiger charge is -2.18. The third kappa shape index (κ3) is 1.68. The van der Waals surface area contributed by atoms with Gasteiger partial charge in [-0.15, -0.1) is 0 Å². The summed E-state index contributed by atoms with van der Waals surface area (Å²) in [4.78, 5) is 10.5. The van der Waals surface area contributed by atoms with E-state index in [0.717, 1.165) is 12.0 Å². The second-order valence-electron chi connectivity index (χ2n) is 3.44. The zero-order chi connectivity index (χ0) is 10.8. The third-order valence-electron chi connectivity index (χ3n) is 2.54. The lowest BCUT2D eigenvalue weighted by Crippen LogP contribution is -2.15. The highest BCUT2D eigenvalue weighted by Gasteiger charge is 2.26. The van der Waals surface area contributed by atoms with Crippen LogP contribution in [0.3, 0.4) is 0 Å². The van der Waals surface area contributed by atoms with E-state index in [4.69, 9.17) is 0 Å². The molecule has 5 nitrogen and oxygen atoms in total. The molecule has 0 N–H and O–H groups in total. The van der Waals surface area contributed by atoms with Crippen molar-refractivity contribution in [1.82, 2.24) is 5.01 Å². The van der Waals surface area contributed by atoms with Gasteiger partial charge in [-0.25, -0.2) is 0 Å². The Morgan fingerprint density at radius 1 is 1.53 bits per heavy atom. The van der Waals surface area contributed by atoms with Gasteiger partial charge in [0.1, 0.15) is 0 Å². The minimum atomic E-state index is -0.346. The van der Waals surface area contributed by atoms with Crippen LogP contribution in [-0.2, 0) is 0 Å². The standard InChI is InChI=1S/C10H11N3O2/c1-12-9(6-7-11-12)8-4-2-3-5-10(8)13(14)15/h2-5,7,9H,6H2,1H3. The number of hydrogen-bond acceptors (Lipinski definition) is 4. The van der Waals surface area contributed by atoms with Crippen molar-refractivity contribution in [2.24, 2.45) is 5.10 Å². The number of benzene rings is 1. The van der Waals surface area contributed by atoms with Crippen LogP contribution in [0.2, 0.25) is 0 Å². The number of rotatable bonds is 2. The topological polar surface area (TPSA) is 58.7 Å². The Labute approximate surface area is 87.2 Å². The second-order valence-corrected chi connectivity index (χ2v) is 3.44. The number of nitrogens with zero attached hydrogens (tertiary/aromatic N) is 3. The van der Waals surface area contributed by atoms with E-state index in [1.807, 2.05) is 13.1 Å². The van der Waals surface area contributed by atoms with Crippen molar-refractivity contribution in [3.63, 3.8) is 0 Å². The molecule has 0 aliphatic carbocycles. The van der Waals surface area contributed by atoms with Gasteiger partial charge in [-0.3, -0.25) is 15.1 Å². The molecule has 0 amide bonds. The molecule has 1 aromatic carbocycles. The van der Waals surface area contributed by atoms with E-state index in [0.29, 0.717) is 0 Å². The Balaban J connectivity index is 2.39. The minimum absolute atomic E-state index is 0.00778. The molecule has 0 aromatic heterocycles. The van der Waals surface area contributed by atoms with Gasteiger partial charge in [-0.05, 0) is 6.07 Å². The van der Waals surface area contributed by atoms with E-state index in [-0.39, 0.29) is 16.7 Å². The zero-order valence-electron chi connectivity index (χ0n) is 8.33. The maximum atomic E-state index is 10.8. The highest BCUT2D eigenvalue weighted by Crippen LogP contribution is 2.32. The predicted molar refractivity (Wildman–Crippen MR) is 56.7 cm³/mol. The van der Waals surface area contributed by atoms with Gasteiger partial charge >= 0.3 is 0 Å². The molecule has 0 bridgehead atoms. The first-order valence-corrected chi connectivity index (χ1v) is 4.68. The van der Waals surface area contributed by atoms with Crippen molar-refractivity contribution in [3.8, 4) is 0 Å². The summed E-state index contributed by atoms with van der Waals surface area (Å²) in [6, 6.07) is 6.80. The molecule has 0 saturated carbocycles. The average Bonchev–Trinajstić information content (AvgIpc) is 2.64. The number of nitro benzene ring substituents is 1. The van der Waals surface area contributed by atoms with E-state index in [1.165, 1.54) is 6.07 Å². The van der Waals surface area contributed by atoms with Gasteiger partial charge in [0.2, 0.25) is 0 Å². The van der Waals surface area contributed by atoms with Crippen molar-refractivity contribution in [2.75, 3.05) is 7.05 Å². The maximum Gasteiger partial charge on any atom is 0.274 e. The monoisotopic (exact) mass is 205 g/mol. The Bertz CT molecular complexity index is 417. The highest BCUT2D eigenvalue weighted by molar-refractivity contribution is 5.61. The van der Waals surface area contributed by atoms with E-state index >= 15 is 0 Å². The maximum absolute atomic E-state index is 10.8. The lowest BCUT2D eigenvalue weighted by atomic mass is 10.0. The molecule has 5 heteroatoms. The fourth-order valence-corrected chi connectivity index (χ4v) is 1.77. The van der Waals surface area contributed by atoms with Crippen molar-refractivity contribution in [1.29, 1.82) is 0 Å². The molecule has 78 valence electrons. The minimum Gasteiger partial charge on any atom is -0.292 e. The van der Waals surface area contributed by atoms with Gasteiger partial charge in [-0.2, -0.15) is 5.10 Å². The van der Waals surface area contributed by atoms with E-state index in [2.05, 4.69) is 5.10 Å². The molecule has 1 aliphatic rings. The smallest absolute Gasteiger partial charge is 0.274 e. The van der Waals surface area contributed by atoms with Crippen LogP contribution in [0.25, 0.3) is 0 Å². The van der Waals surface area contributed by atoms with Crippen LogP contribution in [-0.4, -0.2) is 23.2 Å². The number of hydrazone groups is 1. The number of hydrogen-bond donors (Lipinski definition) is 0. The predicted octanol–water partition coefficient (Wildman–Crippen LogP) is 1.96. The highest BCUT2D eigenvalue weighted by atomic mass is 16.6. The third-order valence-corrected chi connectivity index (χ3v) is 2.54. The van der Waals surface area contributed by atoms with Gasteiger partial charge in [0.25, 0.3) is 5.69 Å². The summed E-state index contributed by atoms with van der Waals surface area (Å²) < 4.78 is 0. The van der Waals surface area contributed by atoms with Gasteiger partial charge in [0.15, 0.2) is 0 Å². The Hall–Kier alpha value is -1.91. The SMILES string of the molecule is CN1N=CCC1c1ccccc1[N+](=O)[O-]. The van der Waals surface area contributed by atoms with Crippen LogP contribution in [0.15, 0.2) is 29.4 Å². The molecule has 1 unspecified atom stereocenters. The van der Waals surface area contributed by atoms with Crippen LogP contribution in [0, 0.1) is 10.1 Å². The summed E-state index contributed by atoms with van der Waals surface area (Å²) in [6.45, 7) is 0. The molecule has 0 fully saturated rings. The summed E-state index contributed by atoms with van der Waals surface area (Å²) in [5, 5.41) is 16.7. The number of nitro groups is 1. The summed E-state index contributed by atoms with van der Waals surface area (Å²) in [5.41, 5.74) is 0.891. The van der Waals surface area contributed by atoms with E-state index < -0.39 is 0 Å². The van der Waals surface area contributed by atoms with Gasteiger partial charge < -0.3 is 0 Å². The molecule has 0 spiro atoms.